The van der Waals surface area contributed by atoms with Crippen LogP contribution in [0.5, 0.6) is 5.75 Å². The molecule has 0 amide bonds. The zero-order valence-electron chi connectivity index (χ0n) is 20.2. The Kier molecular flexibility index (Phi) is 7.93. The fourth-order valence-electron chi connectivity index (χ4n) is 3.86. The summed E-state index contributed by atoms with van der Waals surface area (Å²) < 4.78 is 12.2. The molecule has 1 atom stereocenters. The molecule has 35 heavy (non-hydrogen) atoms. The standard InChI is InChI=1S/C29H29NO4S/c1-19-17-24(13-9-22(19)12-16-27(31)32)33-18-20(2)28-21(3)30-29(34-28)23-10-14-26(15-11-23)35-25-7-5-4-6-8-25/h4-11,13-15,17,20H,12,16,18H2,1-3H3,(H,31,32). The summed E-state index contributed by atoms with van der Waals surface area (Å²) in [6.45, 7) is 6.45. The van der Waals surface area contributed by atoms with E-state index in [0.717, 1.165) is 38.8 Å². The molecule has 0 aliphatic carbocycles. The van der Waals surface area contributed by atoms with Gasteiger partial charge in [0.15, 0.2) is 0 Å². The number of nitrogens with zero attached hydrogens (tertiary/aromatic N) is 1. The zero-order chi connectivity index (χ0) is 24.8. The fourth-order valence-corrected chi connectivity index (χ4v) is 4.69. The molecule has 0 bridgehead atoms. The highest BCUT2D eigenvalue weighted by molar-refractivity contribution is 7.99. The minimum Gasteiger partial charge on any atom is -0.493 e. The number of oxazole rings is 1. The molecule has 4 aromatic rings. The molecule has 1 N–H and O–H groups in total. The van der Waals surface area contributed by atoms with E-state index in [0.29, 0.717) is 18.9 Å². The smallest absolute Gasteiger partial charge is 0.303 e. The molecule has 3 aromatic carbocycles. The van der Waals surface area contributed by atoms with Crippen molar-refractivity contribution >= 4 is 17.7 Å². The maximum atomic E-state index is 10.8. The number of ether oxygens (including phenoxy) is 1. The number of hydrogen-bond acceptors (Lipinski definition) is 5. The Morgan fingerprint density at radius 2 is 1.74 bits per heavy atom. The van der Waals surface area contributed by atoms with E-state index < -0.39 is 5.97 Å². The van der Waals surface area contributed by atoms with Crippen molar-refractivity contribution in [2.24, 2.45) is 0 Å². The summed E-state index contributed by atoms with van der Waals surface area (Å²) in [6.07, 6.45) is 0.642. The first-order valence-corrected chi connectivity index (χ1v) is 12.5. The second kappa shape index (κ2) is 11.3. The highest BCUT2D eigenvalue weighted by atomic mass is 32.2. The second-order valence-electron chi connectivity index (χ2n) is 8.60. The van der Waals surface area contributed by atoms with E-state index in [1.807, 2.05) is 62.4 Å². The van der Waals surface area contributed by atoms with Gasteiger partial charge in [0.05, 0.1) is 18.2 Å². The molecule has 5 nitrogen and oxygen atoms in total. The van der Waals surface area contributed by atoms with Crippen LogP contribution < -0.4 is 4.74 Å². The molecule has 1 heterocycles. The largest absolute Gasteiger partial charge is 0.493 e. The van der Waals surface area contributed by atoms with Gasteiger partial charge in [0, 0.05) is 21.8 Å². The van der Waals surface area contributed by atoms with Crippen LogP contribution in [-0.2, 0) is 11.2 Å². The van der Waals surface area contributed by atoms with Crippen molar-refractivity contribution in [1.29, 1.82) is 0 Å². The Labute approximate surface area is 210 Å². The highest BCUT2D eigenvalue weighted by Crippen LogP contribution is 2.31. The molecular formula is C29H29NO4S. The maximum absolute atomic E-state index is 10.8. The number of aliphatic carboxylic acids is 1. The van der Waals surface area contributed by atoms with Gasteiger partial charge >= 0.3 is 5.97 Å². The van der Waals surface area contributed by atoms with E-state index in [1.54, 1.807) is 11.8 Å². The van der Waals surface area contributed by atoms with E-state index in [9.17, 15) is 4.79 Å². The van der Waals surface area contributed by atoms with Crippen molar-refractivity contribution < 1.29 is 19.1 Å². The summed E-state index contributed by atoms with van der Waals surface area (Å²) in [5.41, 5.74) is 3.86. The molecule has 0 saturated heterocycles. The number of hydrogen-bond donors (Lipinski definition) is 1. The van der Waals surface area contributed by atoms with Crippen LogP contribution in [0.15, 0.2) is 87.0 Å². The second-order valence-corrected chi connectivity index (χ2v) is 9.75. The number of rotatable bonds is 10. The third-order valence-electron chi connectivity index (χ3n) is 5.78. The number of carboxylic acid groups (broad SMARTS) is 1. The van der Waals surface area contributed by atoms with Gasteiger partial charge < -0.3 is 14.3 Å². The van der Waals surface area contributed by atoms with E-state index in [-0.39, 0.29) is 12.3 Å². The van der Waals surface area contributed by atoms with Crippen LogP contribution in [0.1, 0.15) is 41.8 Å². The Bertz CT molecular complexity index is 1280. The van der Waals surface area contributed by atoms with Gasteiger partial charge in [-0.15, -0.1) is 0 Å². The third kappa shape index (κ3) is 6.55. The van der Waals surface area contributed by atoms with E-state index in [4.69, 9.17) is 14.3 Å². The average molecular weight is 488 g/mol. The average Bonchev–Trinajstić information content (AvgIpc) is 3.24. The molecule has 0 fully saturated rings. The van der Waals surface area contributed by atoms with Crippen molar-refractivity contribution in [3.8, 4) is 17.2 Å². The highest BCUT2D eigenvalue weighted by Gasteiger charge is 2.18. The topological polar surface area (TPSA) is 72.6 Å². The van der Waals surface area contributed by atoms with Crippen LogP contribution in [0.25, 0.3) is 11.5 Å². The summed E-state index contributed by atoms with van der Waals surface area (Å²) in [6, 6.07) is 24.3. The van der Waals surface area contributed by atoms with Crippen LogP contribution in [0, 0.1) is 13.8 Å². The molecule has 180 valence electrons. The minimum absolute atomic E-state index is 0.0242. The van der Waals surface area contributed by atoms with Crippen LogP contribution in [0.3, 0.4) is 0 Å². The first-order chi connectivity index (χ1) is 16.9. The molecular weight excluding hydrogens is 458 g/mol. The van der Waals surface area contributed by atoms with Crippen molar-refractivity contribution in [3.05, 3.63) is 95.4 Å². The lowest BCUT2D eigenvalue weighted by molar-refractivity contribution is -0.136. The van der Waals surface area contributed by atoms with Gasteiger partial charge in [-0.25, -0.2) is 4.98 Å². The van der Waals surface area contributed by atoms with Crippen molar-refractivity contribution in [2.75, 3.05) is 6.61 Å². The number of benzene rings is 3. The molecule has 0 saturated carbocycles. The number of aromatic nitrogens is 1. The lowest BCUT2D eigenvalue weighted by Crippen LogP contribution is -2.08. The number of carboxylic acids is 1. The van der Waals surface area contributed by atoms with Crippen molar-refractivity contribution in [3.63, 3.8) is 0 Å². The number of aryl methyl sites for hydroxylation is 3. The molecule has 0 aliphatic heterocycles. The normalized spacial score (nSPS) is 11.9. The zero-order valence-corrected chi connectivity index (χ0v) is 21.0. The molecule has 1 aromatic heterocycles. The van der Waals surface area contributed by atoms with Crippen LogP contribution in [0.2, 0.25) is 0 Å². The van der Waals surface area contributed by atoms with Gasteiger partial charge in [-0.3, -0.25) is 4.79 Å². The summed E-state index contributed by atoms with van der Waals surface area (Å²) >= 11 is 1.72. The van der Waals surface area contributed by atoms with E-state index in [1.165, 1.54) is 4.90 Å². The van der Waals surface area contributed by atoms with Gasteiger partial charge in [0.2, 0.25) is 5.89 Å². The van der Waals surface area contributed by atoms with E-state index in [2.05, 4.69) is 36.2 Å². The molecule has 0 aliphatic rings. The van der Waals surface area contributed by atoms with Crippen molar-refractivity contribution in [1.82, 2.24) is 4.98 Å². The summed E-state index contributed by atoms with van der Waals surface area (Å²) in [4.78, 5) is 17.8. The van der Waals surface area contributed by atoms with Gasteiger partial charge in [0.25, 0.3) is 0 Å². The third-order valence-corrected chi connectivity index (χ3v) is 6.80. The van der Waals surface area contributed by atoms with Crippen LogP contribution in [0.4, 0.5) is 0 Å². The van der Waals surface area contributed by atoms with E-state index >= 15 is 0 Å². The quantitative estimate of drug-likeness (QED) is 0.253. The summed E-state index contributed by atoms with van der Waals surface area (Å²) in [5.74, 6) is 1.42. The minimum atomic E-state index is -0.789. The van der Waals surface area contributed by atoms with Crippen molar-refractivity contribution in [2.45, 2.75) is 49.3 Å². The van der Waals surface area contributed by atoms with Gasteiger partial charge in [-0.1, -0.05) is 43.0 Å². The first-order valence-electron chi connectivity index (χ1n) is 11.6. The Hall–Kier alpha value is -3.51. The Balaban J connectivity index is 1.38. The first kappa shape index (κ1) is 24.6. The monoisotopic (exact) mass is 487 g/mol. The predicted molar refractivity (Wildman–Crippen MR) is 138 cm³/mol. The molecule has 0 radical (unpaired) electrons. The maximum Gasteiger partial charge on any atom is 0.303 e. The number of carbonyl (C=O) groups is 1. The summed E-state index contributed by atoms with van der Waals surface area (Å²) in [5, 5.41) is 8.90. The van der Waals surface area contributed by atoms with Crippen LogP contribution in [-0.4, -0.2) is 22.7 Å². The lowest BCUT2D eigenvalue weighted by atomic mass is 10.0. The van der Waals surface area contributed by atoms with Gasteiger partial charge in [-0.2, -0.15) is 0 Å². The molecule has 6 heteroatoms. The molecule has 0 spiro atoms. The molecule has 1 unspecified atom stereocenters. The van der Waals surface area contributed by atoms with Gasteiger partial charge in [0.1, 0.15) is 11.5 Å². The lowest BCUT2D eigenvalue weighted by Gasteiger charge is -2.13. The SMILES string of the molecule is Cc1cc(OCC(C)c2oc(-c3ccc(Sc4ccccc4)cc3)nc2C)ccc1CCC(=O)O. The predicted octanol–water partition coefficient (Wildman–Crippen LogP) is 7.31. The fraction of sp³-hybridized carbons (Fsp3) is 0.241. The Morgan fingerprint density at radius 1 is 1.03 bits per heavy atom. The molecule has 4 rings (SSSR count). The Morgan fingerprint density at radius 3 is 2.43 bits per heavy atom. The van der Waals surface area contributed by atoms with Gasteiger partial charge in [-0.05, 0) is 79.9 Å². The van der Waals surface area contributed by atoms with Crippen LogP contribution >= 0.6 is 11.8 Å². The summed E-state index contributed by atoms with van der Waals surface area (Å²) in [7, 11) is 0.